The fourth-order valence-electron chi connectivity index (χ4n) is 2.90. The number of carbonyl (C=O) groups excluding carboxylic acids is 2. The molecule has 132 valence electrons. The zero-order valence-electron chi connectivity index (χ0n) is 14.3. The molecule has 2 N–H and O–H groups in total. The molecular formula is C18H23N5O2. The number of imidazole rings is 1. The molecule has 1 aromatic carbocycles. The molecule has 0 bridgehead atoms. The summed E-state index contributed by atoms with van der Waals surface area (Å²) < 4.78 is 1.97. The van der Waals surface area contributed by atoms with Gasteiger partial charge in [-0.3, -0.25) is 4.79 Å². The fourth-order valence-corrected chi connectivity index (χ4v) is 2.90. The van der Waals surface area contributed by atoms with E-state index in [4.69, 9.17) is 0 Å². The molecule has 1 aliphatic rings. The first-order valence-electron chi connectivity index (χ1n) is 8.49. The standard InChI is InChI=1S/C18H23N5O2/c1-14-3-5-16(6-4-14)23-12-15(11-17(23)24)21-18(25)20-7-2-9-22-10-8-19-13-22/h3-6,8,10,13,15H,2,7,9,11-12H2,1H3,(H2,20,21,25). The Morgan fingerprint density at radius 2 is 2.12 bits per heavy atom. The Balaban J connectivity index is 1.41. The highest BCUT2D eigenvalue weighted by Gasteiger charge is 2.31. The first kappa shape index (κ1) is 17.0. The maximum Gasteiger partial charge on any atom is 0.315 e. The molecule has 3 rings (SSSR count). The van der Waals surface area contributed by atoms with E-state index in [1.807, 2.05) is 42.0 Å². The summed E-state index contributed by atoms with van der Waals surface area (Å²) in [6.07, 6.45) is 6.53. The lowest BCUT2D eigenvalue weighted by Crippen LogP contribution is -2.43. The van der Waals surface area contributed by atoms with Gasteiger partial charge in [0.15, 0.2) is 0 Å². The highest BCUT2D eigenvalue weighted by atomic mass is 16.2. The van der Waals surface area contributed by atoms with E-state index in [9.17, 15) is 9.59 Å². The van der Waals surface area contributed by atoms with Gasteiger partial charge in [-0.05, 0) is 25.5 Å². The van der Waals surface area contributed by atoms with Crippen LogP contribution in [0, 0.1) is 6.92 Å². The van der Waals surface area contributed by atoms with Crippen molar-refractivity contribution in [3.63, 3.8) is 0 Å². The monoisotopic (exact) mass is 341 g/mol. The Morgan fingerprint density at radius 3 is 2.84 bits per heavy atom. The van der Waals surface area contributed by atoms with Gasteiger partial charge < -0.3 is 20.1 Å². The third-order valence-electron chi connectivity index (χ3n) is 4.24. The van der Waals surface area contributed by atoms with Gasteiger partial charge in [-0.25, -0.2) is 9.78 Å². The van der Waals surface area contributed by atoms with E-state index in [-0.39, 0.29) is 18.0 Å². The average molecular weight is 341 g/mol. The summed E-state index contributed by atoms with van der Waals surface area (Å²) >= 11 is 0. The normalized spacial score (nSPS) is 16.9. The molecule has 2 aromatic rings. The van der Waals surface area contributed by atoms with Gasteiger partial charge in [0.05, 0.1) is 12.4 Å². The summed E-state index contributed by atoms with van der Waals surface area (Å²) in [6.45, 7) is 3.90. The Labute approximate surface area is 147 Å². The molecule has 7 nitrogen and oxygen atoms in total. The van der Waals surface area contributed by atoms with Crippen LogP contribution in [0.15, 0.2) is 43.0 Å². The van der Waals surface area contributed by atoms with E-state index in [2.05, 4.69) is 15.6 Å². The first-order chi connectivity index (χ1) is 12.1. The van der Waals surface area contributed by atoms with Crippen LogP contribution in [0.2, 0.25) is 0 Å². The van der Waals surface area contributed by atoms with E-state index < -0.39 is 0 Å². The van der Waals surface area contributed by atoms with Gasteiger partial charge in [-0.15, -0.1) is 0 Å². The lowest BCUT2D eigenvalue weighted by atomic mass is 10.2. The number of urea groups is 1. The van der Waals surface area contributed by atoms with E-state index in [0.717, 1.165) is 24.2 Å². The van der Waals surface area contributed by atoms with E-state index in [1.165, 1.54) is 0 Å². The van der Waals surface area contributed by atoms with E-state index in [1.54, 1.807) is 17.4 Å². The maximum absolute atomic E-state index is 12.2. The molecule has 1 unspecified atom stereocenters. The van der Waals surface area contributed by atoms with Crippen LogP contribution in [-0.4, -0.2) is 40.6 Å². The summed E-state index contributed by atoms with van der Waals surface area (Å²) in [4.78, 5) is 29.9. The van der Waals surface area contributed by atoms with Crippen LogP contribution in [0.5, 0.6) is 0 Å². The first-order valence-corrected chi connectivity index (χ1v) is 8.49. The minimum atomic E-state index is -0.228. The zero-order valence-corrected chi connectivity index (χ0v) is 14.3. The highest BCUT2D eigenvalue weighted by molar-refractivity contribution is 5.96. The van der Waals surface area contributed by atoms with Gasteiger partial charge in [0.1, 0.15) is 0 Å². The third kappa shape index (κ3) is 4.59. The molecule has 0 aliphatic carbocycles. The highest BCUT2D eigenvalue weighted by Crippen LogP contribution is 2.21. The molecule has 0 saturated carbocycles. The van der Waals surface area contributed by atoms with Gasteiger partial charge in [0, 0.05) is 44.1 Å². The van der Waals surface area contributed by atoms with Crippen molar-refractivity contribution in [2.75, 3.05) is 18.0 Å². The molecule has 1 aromatic heterocycles. The number of rotatable bonds is 6. The second-order valence-electron chi connectivity index (χ2n) is 6.30. The Morgan fingerprint density at radius 1 is 1.32 bits per heavy atom. The van der Waals surface area contributed by atoms with E-state index in [0.29, 0.717) is 19.5 Å². The van der Waals surface area contributed by atoms with Crippen molar-refractivity contribution in [2.45, 2.75) is 32.4 Å². The summed E-state index contributed by atoms with van der Waals surface area (Å²) in [5.41, 5.74) is 2.03. The summed E-state index contributed by atoms with van der Waals surface area (Å²) in [5.74, 6) is 0.0364. The Bertz CT molecular complexity index is 712. The van der Waals surface area contributed by atoms with Gasteiger partial charge in [-0.2, -0.15) is 0 Å². The molecule has 3 amide bonds. The Kier molecular flexibility index (Phi) is 5.33. The number of amides is 3. The second-order valence-corrected chi connectivity index (χ2v) is 6.30. The van der Waals surface area contributed by atoms with Crippen LogP contribution < -0.4 is 15.5 Å². The fraction of sp³-hybridized carbons (Fsp3) is 0.389. The lowest BCUT2D eigenvalue weighted by molar-refractivity contribution is -0.117. The van der Waals surface area contributed by atoms with Gasteiger partial charge in [-0.1, -0.05) is 17.7 Å². The molecule has 1 atom stereocenters. The van der Waals surface area contributed by atoms with Gasteiger partial charge in [0.25, 0.3) is 0 Å². The predicted molar refractivity (Wildman–Crippen MR) is 95.3 cm³/mol. The molecule has 7 heteroatoms. The van der Waals surface area contributed by atoms with Crippen LogP contribution in [0.4, 0.5) is 10.5 Å². The predicted octanol–water partition coefficient (Wildman–Crippen LogP) is 1.69. The van der Waals surface area contributed by atoms with Crippen molar-refractivity contribution in [2.24, 2.45) is 0 Å². The molecule has 0 radical (unpaired) electrons. The van der Waals surface area contributed by atoms with Gasteiger partial charge >= 0.3 is 6.03 Å². The quantitative estimate of drug-likeness (QED) is 0.785. The molecule has 1 saturated heterocycles. The SMILES string of the molecule is Cc1ccc(N2CC(NC(=O)NCCCn3ccnc3)CC2=O)cc1. The third-order valence-corrected chi connectivity index (χ3v) is 4.24. The van der Waals surface area contributed by atoms with Crippen molar-refractivity contribution in [3.05, 3.63) is 48.5 Å². The Hall–Kier alpha value is -2.83. The number of hydrogen-bond donors (Lipinski definition) is 2. The summed E-state index contributed by atoms with van der Waals surface area (Å²) in [7, 11) is 0. The van der Waals surface area contributed by atoms with Crippen LogP contribution in [0.25, 0.3) is 0 Å². The van der Waals surface area contributed by atoms with Crippen LogP contribution in [0.1, 0.15) is 18.4 Å². The minimum absolute atomic E-state index is 0.0364. The second kappa shape index (κ2) is 7.83. The van der Waals surface area contributed by atoms with Crippen LogP contribution >= 0.6 is 0 Å². The number of aryl methyl sites for hydroxylation is 2. The number of nitrogens with zero attached hydrogens (tertiary/aromatic N) is 3. The average Bonchev–Trinajstić information content (AvgIpc) is 3.22. The van der Waals surface area contributed by atoms with Crippen molar-refractivity contribution < 1.29 is 9.59 Å². The number of carbonyl (C=O) groups is 2. The number of anilines is 1. The smallest absolute Gasteiger partial charge is 0.315 e. The number of benzene rings is 1. The number of aromatic nitrogens is 2. The summed E-state index contributed by atoms with van der Waals surface area (Å²) in [6, 6.07) is 7.45. The van der Waals surface area contributed by atoms with Crippen LogP contribution in [0.3, 0.4) is 0 Å². The number of hydrogen-bond acceptors (Lipinski definition) is 3. The van der Waals surface area contributed by atoms with Crippen LogP contribution in [-0.2, 0) is 11.3 Å². The largest absolute Gasteiger partial charge is 0.338 e. The van der Waals surface area contributed by atoms with Crippen molar-refractivity contribution in [3.8, 4) is 0 Å². The topological polar surface area (TPSA) is 79.3 Å². The van der Waals surface area contributed by atoms with Crippen molar-refractivity contribution in [1.82, 2.24) is 20.2 Å². The van der Waals surface area contributed by atoms with Crippen molar-refractivity contribution >= 4 is 17.6 Å². The molecule has 1 fully saturated rings. The van der Waals surface area contributed by atoms with Crippen molar-refractivity contribution in [1.29, 1.82) is 0 Å². The molecule has 0 spiro atoms. The van der Waals surface area contributed by atoms with Gasteiger partial charge in [0.2, 0.25) is 5.91 Å². The lowest BCUT2D eigenvalue weighted by Gasteiger charge is -2.17. The van der Waals surface area contributed by atoms with E-state index >= 15 is 0 Å². The molecular weight excluding hydrogens is 318 g/mol. The summed E-state index contributed by atoms with van der Waals surface area (Å²) in [5, 5.41) is 5.72. The molecule has 1 aliphatic heterocycles. The number of nitrogens with one attached hydrogen (secondary N) is 2. The molecule has 2 heterocycles. The minimum Gasteiger partial charge on any atom is -0.338 e. The maximum atomic E-state index is 12.2. The molecule has 25 heavy (non-hydrogen) atoms. The zero-order chi connectivity index (χ0) is 17.6.